The molecule has 0 spiro atoms. The maximum Gasteiger partial charge on any atom is 0.260 e. The van der Waals surface area contributed by atoms with Gasteiger partial charge in [0, 0.05) is 19.2 Å². The summed E-state index contributed by atoms with van der Waals surface area (Å²) in [6, 6.07) is 15.4. The normalized spacial score (nSPS) is 15.4. The quantitative estimate of drug-likeness (QED) is 0.265. The van der Waals surface area contributed by atoms with Crippen LogP contribution < -0.4 is 9.46 Å². The van der Waals surface area contributed by atoms with Crippen molar-refractivity contribution in [3.8, 4) is 5.75 Å². The Kier molecular flexibility index (Phi) is 7.35. The van der Waals surface area contributed by atoms with E-state index in [0.717, 1.165) is 23.1 Å². The average molecular weight is 525 g/mol. The van der Waals surface area contributed by atoms with Gasteiger partial charge in [-0.2, -0.15) is 0 Å². The molecule has 1 atom stereocenters. The third kappa shape index (κ3) is 5.96. The van der Waals surface area contributed by atoms with Crippen molar-refractivity contribution in [1.82, 2.24) is 24.9 Å². The molecule has 3 heterocycles. The van der Waals surface area contributed by atoms with E-state index in [2.05, 4.69) is 20.0 Å². The maximum atomic E-state index is 12.5. The molecule has 186 valence electrons. The minimum Gasteiger partial charge on any atom is -0.487 e. The van der Waals surface area contributed by atoms with Crippen LogP contribution in [-0.4, -0.2) is 52.6 Å². The zero-order valence-corrected chi connectivity index (χ0v) is 20.8. The lowest BCUT2D eigenvalue weighted by Crippen LogP contribution is -2.38. The highest BCUT2D eigenvalue weighted by molar-refractivity contribution is 7.80. The number of hydrogen-bond acceptors (Lipinski definition) is 7. The lowest BCUT2D eigenvalue weighted by Gasteiger charge is -2.31. The number of nitrogens with zero attached hydrogens (tertiary/aromatic N) is 5. The van der Waals surface area contributed by atoms with E-state index >= 15 is 0 Å². The molecule has 0 aliphatic carbocycles. The number of aromatic nitrogens is 4. The molecule has 0 saturated carbocycles. The van der Waals surface area contributed by atoms with Crippen molar-refractivity contribution in [1.29, 1.82) is 0 Å². The van der Waals surface area contributed by atoms with Gasteiger partial charge in [-0.3, -0.25) is 14.1 Å². The van der Waals surface area contributed by atoms with Crippen LogP contribution in [0.2, 0.25) is 0 Å². The lowest BCUT2D eigenvalue weighted by atomic mass is 10.1. The Balaban J connectivity index is 1.12. The molecule has 2 aromatic heterocycles. The Morgan fingerprint density at radius 1 is 1.22 bits per heavy atom. The minimum atomic E-state index is -2.16. The van der Waals surface area contributed by atoms with Gasteiger partial charge in [0.15, 0.2) is 5.13 Å². The summed E-state index contributed by atoms with van der Waals surface area (Å²) in [5.74, 6) is 0.670. The highest BCUT2D eigenvalue weighted by Crippen LogP contribution is 2.30. The summed E-state index contributed by atoms with van der Waals surface area (Å²) in [5, 5.41) is 8.88. The van der Waals surface area contributed by atoms with Crippen molar-refractivity contribution < 1.29 is 18.3 Å². The number of thiazole rings is 1. The minimum absolute atomic E-state index is 0.0235. The van der Waals surface area contributed by atoms with E-state index in [0.29, 0.717) is 35.2 Å². The van der Waals surface area contributed by atoms with Crippen molar-refractivity contribution in [3.05, 3.63) is 72.1 Å². The Hall–Kier alpha value is -3.61. The van der Waals surface area contributed by atoms with Gasteiger partial charge in [0.25, 0.3) is 11.3 Å². The fraction of sp³-hybridized carbons (Fsp3) is 0.250. The van der Waals surface area contributed by atoms with Gasteiger partial charge < -0.3 is 9.64 Å². The Labute approximate surface area is 214 Å². The zero-order valence-electron chi connectivity index (χ0n) is 19.2. The predicted octanol–water partition coefficient (Wildman–Crippen LogP) is 3.89. The van der Waals surface area contributed by atoms with Crippen LogP contribution in [0.25, 0.3) is 16.3 Å². The molecule has 1 aliphatic rings. The predicted molar refractivity (Wildman–Crippen MR) is 139 cm³/mol. The SMILES string of the molecule is O=C(/C=C/c1ccccc1)N1CCC(n2cc(COc3ccc4nc(NS(=O)O)sc4c3)nn2)CC1. The van der Waals surface area contributed by atoms with Crippen LogP contribution in [0.15, 0.2) is 60.8 Å². The highest BCUT2D eigenvalue weighted by atomic mass is 32.2. The summed E-state index contributed by atoms with van der Waals surface area (Å²) in [6.45, 7) is 1.60. The summed E-state index contributed by atoms with van der Waals surface area (Å²) in [5.41, 5.74) is 2.43. The van der Waals surface area contributed by atoms with Crippen molar-refractivity contribution in [2.45, 2.75) is 25.5 Å². The van der Waals surface area contributed by atoms with E-state index in [-0.39, 0.29) is 18.6 Å². The van der Waals surface area contributed by atoms with E-state index in [9.17, 15) is 9.00 Å². The first-order valence-electron chi connectivity index (χ1n) is 11.4. The van der Waals surface area contributed by atoms with E-state index in [4.69, 9.17) is 9.29 Å². The van der Waals surface area contributed by atoms with Crippen LogP contribution in [0, 0.1) is 0 Å². The lowest BCUT2D eigenvalue weighted by molar-refractivity contribution is -0.127. The van der Waals surface area contributed by atoms with Crippen molar-refractivity contribution in [2.75, 3.05) is 17.8 Å². The number of likely N-dealkylation sites (tertiary alicyclic amines) is 1. The molecule has 1 saturated heterocycles. The number of amides is 1. The summed E-state index contributed by atoms with van der Waals surface area (Å²) >= 11 is -0.894. The van der Waals surface area contributed by atoms with Crippen LogP contribution in [-0.2, 0) is 22.7 Å². The molecule has 36 heavy (non-hydrogen) atoms. The topological polar surface area (TPSA) is 122 Å². The number of anilines is 1. The maximum absolute atomic E-state index is 12.5. The molecule has 2 N–H and O–H groups in total. The van der Waals surface area contributed by atoms with E-state index in [1.165, 1.54) is 11.3 Å². The van der Waals surface area contributed by atoms with Crippen LogP contribution in [0.1, 0.15) is 30.1 Å². The molecule has 10 nitrogen and oxygen atoms in total. The number of benzene rings is 2. The van der Waals surface area contributed by atoms with Gasteiger partial charge in [-0.15, -0.1) is 5.10 Å². The summed E-state index contributed by atoms with van der Waals surface area (Å²) < 4.78 is 30.8. The van der Waals surface area contributed by atoms with Gasteiger partial charge in [-0.25, -0.2) is 13.9 Å². The molecule has 0 bridgehead atoms. The molecule has 4 aromatic rings. The number of ether oxygens (including phenoxy) is 1. The van der Waals surface area contributed by atoms with Crippen molar-refractivity contribution in [3.63, 3.8) is 0 Å². The molecule has 12 heteroatoms. The van der Waals surface area contributed by atoms with Gasteiger partial charge in [0.05, 0.1) is 22.5 Å². The summed E-state index contributed by atoms with van der Waals surface area (Å²) in [4.78, 5) is 18.6. The number of hydrogen-bond donors (Lipinski definition) is 2. The largest absolute Gasteiger partial charge is 0.487 e. The number of carbonyl (C=O) groups is 1. The van der Waals surface area contributed by atoms with Crippen LogP contribution in [0.4, 0.5) is 5.13 Å². The first kappa shape index (κ1) is 24.1. The number of nitrogens with one attached hydrogen (secondary N) is 1. The fourth-order valence-electron chi connectivity index (χ4n) is 4.02. The molecule has 1 fully saturated rings. The number of carbonyl (C=O) groups excluding carboxylic acids is 1. The Morgan fingerprint density at radius 3 is 2.81 bits per heavy atom. The van der Waals surface area contributed by atoms with Gasteiger partial charge >= 0.3 is 0 Å². The number of fused-ring (bicyclic) bond motifs is 1. The second-order valence-electron chi connectivity index (χ2n) is 8.28. The molecular weight excluding hydrogens is 500 g/mol. The molecule has 1 aliphatic heterocycles. The third-order valence-electron chi connectivity index (χ3n) is 5.85. The number of piperidine rings is 1. The standard InChI is InChI=1S/C24H24N6O4S2/c31-23(9-6-17-4-2-1-3-5-17)29-12-10-19(11-13-29)30-15-18(26-28-30)16-34-20-7-8-21-22(14-20)35-24(25-21)27-36(32)33/h1-9,14-15,19H,10-13,16H2,(H,25,27)(H,32,33)/b9-6+. The molecule has 5 rings (SSSR count). The monoisotopic (exact) mass is 524 g/mol. The molecule has 1 amide bonds. The van der Waals surface area contributed by atoms with Crippen molar-refractivity contribution >= 4 is 49.9 Å². The number of rotatable bonds is 8. The Bertz CT molecular complexity index is 1400. The summed E-state index contributed by atoms with van der Waals surface area (Å²) in [6.07, 6.45) is 6.99. The molecule has 2 aromatic carbocycles. The van der Waals surface area contributed by atoms with E-state index in [1.54, 1.807) is 18.2 Å². The average Bonchev–Trinajstić information content (AvgIpc) is 3.52. The first-order chi connectivity index (χ1) is 17.5. The molecule has 0 radical (unpaired) electrons. The molecule has 1 unspecified atom stereocenters. The van der Waals surface area contributed by atoms with Crippen molar-refractivity contribution in [2.24, 2.45) is 0 Å². The zero-order chi connectivity index (χ0) is 24.9. The van der Waals surface area contributed by atoms with Gasteiger partial charge in [-0.05, 0) is 42.7 Å². The van der Waals surface area contributed by atoms with Gasteiger partial charge in [0.1, 0.15) is 18.1 Å². The van der Waals surface area contributed by atoms with Crippen LogP contribution in [0.3, 0.4) is 0 Å². The van der Waals surface area contributed by atoms with E-state index < -0.39 is 11.3 Å². The Morgan fingerprint density at radius 2 is 2.03 bits per heavy atom. The fourth-order valence-corrected chi connectivity index (χ4v) is 5.34. The first-order valence-corrected chi connectivity index (χ1v) is 13.3. The van der Waals surface area contributed by atoms with E-state index in [1.807, 2.05) is 58.3 Å². The smallest absolute Gasteiger partial charge is 0.260 e. The molecular formula is C24H24N6O4S2. The second kappa shape index (κ2) is 11.0. The van der Waals surface area contributed by atoms with Crippen LogP contribution >= 0.6 is 11.3 Å². The van der Waals surface area contributed by atoms with Gasteiger partial charge in [0.2, 0.25) is 5.91 Å². The van der Waals surface area contributed by atoms with Gasteiger partial charge in [-0.1, -0.05) is 46.9 Å². The second-order valence-corrected chi connectivity index (χ2v) is 10.0. The highest BCUT2D eigenvalue weighted by Gasteiger charge is 2.23. The third-order valence-corrected chi connectivity index (χ3v) is 7.28. The summed E-state index contributed by atoms with van der Waals surface area (Å²) in [7, 11) is 0. The van der Waals surface area contributed by atoms with Crippen LogP contribution in [0.5, 0.6) is 5.75 Å².